The third kappa shape index (κ3) is 4.12. The largest absolute Gasteiger partial charge is 0.508 e. The number of nitrogens with zero attached hydrogens (tertiary/aromatic N) is 1. The van der Waals surface area contributed by atoms with Gasteiger partial charge >= 0.3 is 0 Å². The van der Waals surface area contributed by atoms with Crippen molar-refractivity contribution in [2.75, 3.05) is 38.2 Å². The summed E-state index contributed by atoms with van der Waals surface area (Å²) in [6.45, 7) is 8.92. The highest BCUT2D eigenvalue weighted by Gasteiger charge is 2.24. The minimum atomic E-state index is 0.352. The van der Waals surface area contributed by atoms with Gasteiger partial charge in [0, 0.05) is 24.8 Å². The minimum Gasteiger partial charge on any atom is -0.508 e. The second kappa shape index (κ2) is 7.50. The van der Waals surface area contributed by atoms with Crippen LogP contribution in [0.3, 0.4) is 0 Å². The molecular weight excluding hydrogens is 252 g/mol. The lowest BCUT2D eigenvalue weighted by atomic mass is 10.2. The number of rotatable bonds is 8. The Morgan fingerprint density at radius 3 is 2.75 bits per heavy atom. The molecule has 1 aliphatic heterocycles. The molecule has 0 aromatic heterocycles. The highest BCUT2D eigenvalue weighted by atomic mass is 16.5. The van der Waals surface area contributed by atoms with Crippen molar-refractivity contribution in [3.63, 3.8) is 0 Å². The Kier molecular flexibility index (Phi) is 5.68. The Morgan fingerprint density at radius 2 is 2.15 bits per heavy atom. The van der Waals surface area contributed by atoms with Crippen molar-refractivity contribution in [2.24, 2.45) is 0 Å². The van der Waals surface area contributed by atoms with Crippen molar-refractivity contribution in [3.8, 4) is 5.75 Å². The van der Waals surface area contributed by atoms with E-state index in [4.69, 9.17) is 4.74 Å². The summed E-state index contributed by atoms with van der Waals surface area (Å²) in [7, 11) is 0. The van der Waals surface area contributed by atoms with E-state index in [0.717, 1.165) is 44.1 Å². The maximum Gasteiger partial charge on any atom is 0.120 e. The molecule has 1 aliphatic rings. The van der Waals surface area contributed by atoms with Crippen LogP contribution in [-0.2, 0) is 4.74 Å². The van der Waals surface area contributed by atoms with Gasteiger partial charge in [0.1, 0.15) is 5.75 Å². The van der Waals surface area contributed by atoms with Gasteiger partial charge in [-0.2, -0.15) is 0 Å². The van der Waals surface area contributed by atoms with Crippen molar-refractivity contribution in [2.45, 2.75) is 32.7 Å². The number of hydrogen-bond acceptors (Lipinski definition) is 4. The van der Waals surface area contributed by atoms with Crippen molar-refractivity contribution in [3.05, 3.63) is 23.8 Å². The molecule has 4 nitrogen and oxygen atoms in total. The Hall–Kier alpha value is -1.26. The summed E-state index contributed by atoms with van der Waals surface area (Å²) >= 11 is 0. The second-order valence-electron chi connectivity index (χ2n) is 5.51. The fourth-order valence-electron chi connectivity index (χ4n) is 2.34. The third-order valence-corrected chi connectivity index (χ3v) is 3.87. The fourth-order valence-corrected chi connectivity index (χ4v) is 2.34. The summed E-state index contributed by atoms with van der Waals surface area (Å²) in [5.74, 6) is 0.352. The SMILES string of the molecule is CCCCN(CCNc1ccc(C)c(O)c1)C1COC1. The van der Waals surface area contributed by atoms with Gasteiger partial charge in [0.15, 0.2) is 0 Å². The summed E-state index contributed by atoms with van der Waals surface area (Å²) in [6.07, 6.45) is 2.46. The number of aryl methyl sites for hydroxylation is 1. The van der Waals surface area contributed by atoms with E-state index in [2.05, 4.69) is 17.1 Å². The Bertz CT molecular complexity index is 419. The number of anilines is 1. The molecular formula is C16H26N2O2. The first-order chi connectivity index (χ1) is 9.70. The van der Waals surface area contributed by atoms with Crippen LogP contribution in [0.1, 0.15) is 25.3 Å². The molecule has 112 valence electrons. The molecule has 0 bridgehead atoms. The van der Waals surface area contributed by atoms with E-state index in [-0.39, 0.29) is 0 Å². The highest BCUT2D eigenvalue weighted by molar-refractivity contribution is 5.50. The van der Waals surface area contributed by atoms with Crippen LogP contribution in [0.15, 0.2) is 18.2 Å². The monoisotopic (exact) mass is 278 g/mol. The van der Waals surface area contributed by atoms with E-state index < -0.39 is 0 Å². The normalized spacial score (nSPS) is 15.3. The molecule has 1 heterocycles. The fraction of sp³-hybridized carbons (Fsp3) is 0.625. The van der Waals surface area contributed by atoms with Gasteiger partial charge in [-0.3, -0.25) is 4.90 Å². The molecule has 1 fully saturated rings. The average molecular weight is 278 g/mol. The van der Waals surface area contributed by atoms with Crippen LogP contribution >= 0.6 is 0 Å². The Balaban J connectivity index is 1.78. The molecule has 0 saturated carbocycles. The zero-order valence-corrected chi connectivity index (χ0v) is 12.6. The molecule has 1 aromatic carbocycles. The van der Waals surface area contributed by atoms with Crippen LogP contribution in [0.2, 0.25) is 0 Å². The summed E-state index contributed by atoms with van der Waals surface area (Å²) in [5, 5.41) is 13.1. The lowest BCUT2D eigenvalue weighted by molar-refractivity contribution is -0.0638. The highest BCUT2D eigenvalue weighted by Crippen LogP contribution is 2.20. The minimum absolute atomic E-state index is 0.352. The van der Waals surface area contributed by atoms with Crippen LogP contribution in [0.5, 0.6) is 5.75 Å². The maximum absolute atomic E-state index is 9.69. The number of phenolic OH excluding ortho intramolecular Hbond substituents is 1. The molecule has 1 saturated heterocycles. The maximum atomic E-state index is 9.69. The van der Waals surface area contributed by atoms with E-state index in [9.17, 15) is 5.11 Å². The van der Waals surface area contributed by atoms with E-state index in [0.29, 0.717) is 11.8 Å². The first-order valence-corrected chi connectivity index (χ1v) is 7.56. The van der Waals surface area contributed by atoms with Gasteiger partial charge in [0.25, 0.3) is 0 Å². The van der Waals surface area contributed by atoms with Crippen molar-refractivity contribution in [1.82, 2.24) is 4.90 Å². The zero-order chi connectivity index (χ0) is 14.4. The number of benzene rings is 1. The summed E-state index contributed by atoms with van der Waals surface area (Å²) < 4.78 is 5.29. The predicted molar refractivity (Wildman–Crippen MR) is 82.4 cm³/mol. The topological polar surface area (TPSA) is 44.7 Å². The van der Waals surface area contributed by atoms with Crippen LogP contribution < -0.4 is 5.32 Å². The summed E-state index contributed by atoms with van der Waals surface area (Å²) in [5.41, 5.74) is 1.89. The first kappa shape index (κ1) is 15.1. The lowest BCUT2D eigenvalue weighted by Crippen LogP contribution is -2.50. The van der Waals surface area contributed by atoms with E-state index in [1.807, 2.05) is 19.1 Å². The molecule has 0 amide bonds. The van der Waals surface area contributed by atoms with Gasteiger partial charge in [0.05, 0.1) is 19.3 Å². The first-order valence-electron chi connectivity index (χ1n) is 7.56. The quantitative estimate of drug-likeness (QED) is 0.767. The van der Waals surface area contributed by atoms with Gasteiger partial charge in [-0.25, -0.2) is 0 Å². The van der Waals surface area contributed by atoms with Crippen LogP contribution in [0.4, 0.5) is 5.69 Å². The summed E-state index contributed by atoms with van der Waals surface area (Å²) in [6, 6.07) is 6.33. The number of unbranched alkanes of at least 4 members (excludes halogenated alkanes) is 1. The van der Waals surface area contributed by atoms with Gasteiger partial charge in [0.2, 0.25) is 0 Å². The number of aromatic hydroxyl groups is 1. The predicted octanol–water partition coefficient (Wildman–Crippen LogP) is 2.61. The van der Waals surface area contributed by atoms with Crippen LogP contribution in [-0.4, -0.2) is 48.9 Å². The summed E-state index contributed by atoms with van der Waals surface area (Å²) in [4.78, 5) is 2.51. The molecule has 0 atom stereocenters. The molecule has 2 rings (SSSR count). The van der Waals surface area contributed by atoms with Crippen LogP contribution in [0.25, 0.3) is 0 Å². The van der Waals surface area contributed by atoms with Gasteiger partial charge in [-0.1, -0.05) is 19.4 Å². The smallest absolute Gasteiger partial charge is 0.120 e. The van der Waals surface area contributed by atoms with Gasteiger partial charge < -0.3 is 15.2 Å². The number of nitrogens with one attached hydrogen (secondary N) is 1. The van der Waals surface area contributed by atoms with E-state index in [1.165, 1.54) is 12.8 Å². The second-order valence-corrected chi connectivity index (χ2v) is 5.51. The third-order valence-electron chi connectivity index (χ3n) is 3.87. The molecule has 4 heteroatoms. The molecule has 2 N–H and O–H groups in total. The Labute approximate surface area is 121 Å². The number of ether oxygens (including phenoxy) is 1. The van der Waals surface area contributed by atoms with E-state index >= 15 is 0 Å². The lowest BCUT2D eigenvalue weighted by Gasteiger charge is -2.37. The molecule has 0 aliphatic carbocycles. The Morgan fingerprint density at radius 1 is 1.35 bits per heavy atom. The van der Waals surface area contributed by atoms with E-state index in [1.54, 1.807) is 6.07 Å². The molecule has 0 spiro atoms. The van der Waals surface area contributed by atoms with Crippen molar-refractivity contribution in [1.29, 1.82) is 0 Å². The van der Waals surface area contributed by atoms with Gasteiger partial charge in [-0.05, 0) is 31.5 Å². The molecule has 20 heavy (non-hydrogen) atoms. The zero-order valence-electron chi connectivity index (χ0n) is 12.6. The number of phenols is 1. The van der Waals surface area contributed by atoms with Crippen LogP contribution in [0, 0.1) is 6.92 Å². The molecule has 0 radical (unpaired) electrons. The number of hydrogen-bond donors (Lipinski definition) is 2. The van der Waals surface area contributed by atoms with Gasteiger partial charge in [-0.15, -0.1) is 0 Å². The standard InChI is InChI=1S/C16H26N2O2/c1-3-4-8-18(15-11-20-12-15)9-7-17-14-6-5-13(2)16(19)10-14/h5-6,10,15,17,19H,3-4,7-9,11-12H2,1-2H3. The van der Waals surface area contributed by atoms with Crippen molar-refractivity contribution >= 4 is 5.69 Å². The molecule has 0 unspecified atom stereocenters. The van der Waals surface area contributed by atoms with Crippen molar-refractivity contribution < 1.29 is 9.84 Å². The average Bonchev–Trinajstić information content (AvgIpc) is 2.37. The molecule has 1 aromatic rings.